The number of rotatable bonds is 1. The average Bonchev–Trinajstić information content (AvgIpc) is 3.21. The molecule has 3 aliphatic rings. The van der Waals surface area contributed by atoms with Gasteiger partial charge in [-0.2, -0.15) is 0 Å². The summed E-state index contributed by atoms with van der Waals surface area (Å²) in [6.45, 7) is 10.2. The van der Waals surface area contributed by atoms with Crippen LogP contribution in [-0.2, 0) is 12.0 Å². The number of hydrogen-bond donors (Lipinski definition) is 1. The van der Waals surface area contributed by atoms with Crippen LogP contribution < -0.4 is 4.74 Å². The summed E-state index contributed by atoms with van der Waals surface area (Å²) in [5.74, 6) is 1.59. The monoisotopic (exact) mass is 293 g/mol. The molecule has 0 radical (unpaired) electrons. The van der Waals surface area contributed by atoms with Crippen molar-refractivity contribution in [2.24, 2.45) is 5.92 Å². The summed E-state index contributed by atoms with van der Waals surface area (Å²) < 4.78 is 5.40. The summed E-state index contributed by atoms with van der Waals surface area (Å²) in [6.07, 6.45) is 3.25. The van der Waals surface area contributed by atoms with Crippen LogP contribution in [0.15, 0.2) is 18.2 Å². The van der Waals surface area contributed by atoms with Crippen molar-refractivity contribution in [1.82, 2.24) is 9.88 Å². The maximum atomic E-state index is 7.96. The third kappa shape index (κ3) is 1.36. The van der Waals surface area contributed by atoms with E-state index in [-0.39, 0.29) is 5.54 Å². The lowest BCUT2D eigenvalue weighted by Gasteiger charge is -2.32. The zero-order chi connectivity index (χ0) is 14.9. The molecule has 1 N–H and O–H groups in total. The van der Waals surface area contributed by atoms with Crippen molar-refractivity contribution < 1.29 is 4.74 Å². The van der Waals surface area contributed by atoms with Gasteiger partial charge in [0.1, 0.15) is 11.4 Å². The van der Waals surface area contributed by atoms with E-state index in [4.69, 9.17) is 11.3 Å². The third-order valence-electron chi connectivity index (χ3n) is 6.04. The minimum absolute atomic E-state index is 0.346. The SMILES string of the molecule is [C-]#[N+][C@@]12C[C@H]3C[C@@H]1N(CCc1c2[nH]c2ccc(OC)cc12)C3. The fraction of sp³-hybridized carbons (Fsp3) is 0.500. The summed E-state index contributed by atoms with van der Waals surface area (Å²) in [7, 11) is 1.71. The molecule has 22 heavy (non-hydrogen) atoms. The van der Waals surface area contributed by atoms with Crippen LogP contribution in [0.4, 0.5) is 0 Å². The van der Waals surface area contributed by atoms with Crippen LogP contribution in [0, 0.1) is 12.5 Å². The van der Waals surface area contributed by atoms with Crippen LogP contribution in [0.3, 0.4) is 0 Å². The Balaban J connectivity index is 1.79. The van der Waals surface area contributed by atoms with E-state index in [1.165, 1.54) is 29.6 Å². The van der Waals surface area contributed by atoms with Gasteiger partial charge in [-0.3, -0.25) is 4.90 Å². The molecule has 2 aromatic rings. The largest absolute Gasteiger partial charge is 0.497 e. The molecule has 0 spiro atoms. The highest BCUT2D eigenvalue weighted by Crippen LogP contribution is 2.55. The molecule has 112 valence electrons. The maximum absolute atomic E-state index is 7.96. The lowest BCUT2D eigenvalue weighted by Crippen LogP contribution is -2.46. The Hall–Kier alpha value is -1.99. The molecule has 3 heterocycles. The van der Waals surface area contributed by atoms with Crippen molar-refractivity contribution in [1.29, 1.82) is 0 Å². The molecule has 0 amide bonds. The quantitative estimate of drug-likeness (QED) is 0.820. The van der Waals surface area contributed by atoms with Gasteiger partial charge in [-0.05, 0) is 42.5 Å². The molecule has 2 bridgehead atoms. The van der Waals surface area contributed by atoms with Crippen molar-refractivity contribution in [2.75, 3.05) is 20.2 Å². The lowest BCUT2D eigenvalue weighted by atomic mass is 9.85. The molecule has 1 aromatic heterocycles. The van der Waals surface area contributed by atoms with Gasteiger partial charge in [0.2, 0.25) is 0 Å². The number of H-pyrrole nitrogens is 1. The highest BCUT2D eigenvalue weighted by Gasteiger charge is 2.63. The first-order chi connectivity index (χ1) is 10.7. The van der Waals surface area contributed by atoms with Crippen molar-refractivity contribution in [3.8, 4) is 5.75 Å². The molecular weight excluding hydrogens is 274 g/mol. The van der Waals surface area contributed by atoms with E-state index in [2.05, 4.69) is 26.9 Å². The molecule has 1 saturated carbocycles. The van der Waals surface area contributed by atoms with Crippen molar-refractivity contribution >= 4 is 10.9 Å². The summed E-state index contributed by atoms with van der Waals surface area (Å²) in [5.41, 5.74) is 3.34. The first kappa shape index (κ1) is 12.5. The van der Waals surface area contributed by atoms with Gasteiger partial charge in [-0.15, -0.1) is 0 Å². The predicted molar refractivity (Wildman–Crippen MR) is 84.9 cm³/mol. The van der Waals surface area contributed by atoms with E-state index < -0.39 is 0 Å². The molecule has 5 rings (SSSR count). The number of ether oxygens (including phenoxy) is 1. The zero-order valence-corrected chi connectivity index (χ0v) is 12.7. The number of nitrogens with zero attached hydrogens (tertiary/aromatic N) is 2. The van der Waals surface area contributed by atoms with Gasteiger partial charge in [-0.1, -0.05) is 0 Å². The molecule has 3 atom stereocenters. The van der Waals surface area contributed by atoms with Crippen molar-refractivity contribution in [3.05, 3.63) is 40.9 Å². The van der Waals surface area contributed by atoms with Crippen molar-refractivity contribution in [2.45, 2.75) is 30.8 Å². The molecular formula is C18H19N3O. The Bertz CT molecular complexity index is 818. The normalized spacial score (nSPS) is 32.7. The van der Waals surface area contributed by atoms with Crippen LogP contribution in [0.1, 0.15) is 24.1 Å². The fourth-order valence-corrected chi connectivity index (χ4v) is 5.15. The number of methoxy groups -OCH3 is 1. The fourth-order valence-electron chi connectivity index (χ4n) is 5.15. The van der Waals surface area contributed by atoms with E-state index in [0.29, 0.717) is 12.0 Å². The van der Waals surface area contributed by atoms with Gasteiger partial charge >= 0.3 is 0 Å². The molecule has 1 aromatic carbocycles. The number of aromatic nitrogens is 1. The number of hydrogen-bond acceptors (Lipinski definition) is 2. The highest BCUT2D eigenvalue weighted by atomic mass is 16.5. The topological polar surface area (TPSA) is 32.6 Å². The number of aromatic amines is 1. The summed E-state index contributed by atoms with van der Waals surface area (Å²) in [6, 6.07) is 6.62. The van der Waals surface area contributed by atoms with Gasteiger partial charge in [0.05, 0.1) is 13.2 Å². The van der Waals surface area contributed by atoms with Crippen LogP contribution >= 0.6 is 0 Å². The van der Waals surface area contributed by atoms with Gasteiger partial charge in [0, 0.05) is 30.4 Å². The van der Waals surface area contributed by atoms with E-state index in [1.54, 1.807) is 7.11 Å². The molecule has 0 unspecified atom stereocenters. The second kappa shape index (κ2) is 4.05. The first-order valence-corrected chi connectivity index (χ1v) is 8.07. The molecule has 4 heteroatoms. The average molecular weight is 293 g/mol. The molecule has 1 saturated heterocycles. The van der Waals surface area contributed by atoms with Crippen LogP contribution in [0.2, 0.25) is 0 Å². The molecule has 2 aliphatic heterocycles. The second-order valence-electron chi connectivity index (χ2n) is 6.99. The Kier molecular flexibility index (Phi) is 2.31. The molecule has 4 nitrogen and oxygen atoms in total. The summed E-state index contributed by atoms with van der Waals surface area (Å²) >= 11 is 0. The van der Waals surface area contributed by atoms with Gasteiger partial charge in [0.25, 0.3) is 5.54 Å². The smallest absolute Gasteiger partial charge is 0.287 e. The number of benzene rings is 1. The number of piperidine rings is 1. The minimum atomic E-state index is -0.346. The Morgan fingerprint density at radius 2 is 2.36 bits per heavy atom. The zero-order valence-electron chi connectivity index (χ0n) is 12.7. The third-order valence-corrected chi connectivity index (χ3v) is 6.04. The standard InChI is InChI=1S/C18H19N3O/c1-19-18-9-11-7-16(18)21(10-11)6-5-13-14-8-12(22-2)3-4-15(14)20-17(13)18/h3-4,8,11,16,20H,5-7,9-10H2,2H3/t11-,16+,18+/m1/s1. The molecule has 2 fully saturated rings. The maximum Gasteiger partial charge on any atom is 0.287 e. The van der Waals surface area contributed by atoms with Gasteiger partial charge in [0.15, 0.2) is 0 Å². The first-order valence-electron chi connectivity index (χ1n) is 8.07. The van der Waals surface area contributed by atoms with Crippen LogP contribution in [0.5, 0.6) is 5.75 Å². The van der Waals surface area contributed by atoms with Gasteiger partial charge in [-0.25, -0.2) is 6.57 Å². The van der Waals surface area contributed by atoms with E-state index in [9.17, 15) is 0 Å². The summed E-state index contributed by atoms with van der Waals surface area (Å²) in [5, 5.41) is 1.24. The van der Waals surface area contributed by atoms with E-state index in [0.717, 1.165) is 30.7 Å². The highest BCUT2D eigenvalue weighted by molar-refractivity contribution is 5.87. The van der Waals surface area contributed by atoms with Crippen molar-refractivity contribution in [3.63, 3.8) is 0 Å². The van der Waals surface area contributed by atoms with Crippen LogP contribution in [-0.4, -0.2) is 36.1 Å². The molecule has 1 aliphatic carbocycles. The van der Waals surface area contributed by atoms with E-state index >= 15 is 0 Å². The Labute approximate surface area is 129 Å². The Morgan fingerprint density at radius 1 is 1.45 bits per heavy atom. The van der Waals surface area contributed by atoms with Gasteiger partial charge < -0.3 is 14.6 Å². The Morgan fingerprint density at radius 3 is 3.14 bits per heavy atom. The van der Waals surface area contributed by atoms with Crippen LogP contribution in [0.25, 0.3) is 15.7 Å². The second-order valence-corrected chi connectivity index (χ2v) is 6.99. The number of fused-ring (bicyclic) bond motifs is 5. The number of nitrogens with one attached hydrogen (secondary N) is 1. The predicted octanol–water partition coefficient (Wildman–Crippen LogP) is 2.94. The van der Waals surface area contributed by atoms with E-state index in [1.807, 2.05) is 6.07 Å². The lowest BCUT2D eigenvalue weighted by molar-refractivity contribution is 0.163. The minimum Gasteiger partial charge on any atom is -0.497 e. The summed E-state index contributed by atoms with van der Waals surface area (Å²) in [4.78, 5) is 10.4.